The van der Waals surface area contributed by atoms with Crippen molar-refractivity contribution >= 4 is 0 Å². The Morgan fingerprint density at radius 3 is 3.11 bits per heavy atom. The van der Waals surface area contributed by atoms with Crippen LogP contribution in [0.15, 0.2) is 18.2 Å². The highest BCUT2D eigenvalue weighted by Crippen LogP contribution is 2.32. The lowest BCUT2D eigenvalue weighted by molar-refractivity contribution is 0.0579. The average molecular weight is 249 g/mol. The molecular formula is C15H23NO2. The molecule has 1 N–H and O–H groups in total. The molecule has 1 aliphatic rings. The normalized spacial score (nSPS) is 18.9. The molecule has 0 bridgehead atoms. The highest BCUT2D eigenvalue weighted by Gasteiger charge is 2.19. The molecule has 0 spiro atoms. The zero-order chi connectivity index (χ0) is 12.8. The molecule has 1 aliphatic heterocycles. The van der Waals surface area contributed by atoms with Crippen LogP contribution in [-0.2, 0) is 11.3 Å². The first-order chi connectivity index (χ1) is 8.85. The molecule has 0 amide bonds. The maximum absolute atomic E-state index is 5.79. The Hall–Kier alpha value is -1.06. The summed E-state index contributed by atoms with van der Waals surface area (Å²) in [4.78, 5) is 5.11. The van der Waals surface area contributed by atoms with Crippen LogP contribution in [0.5, 0.6) is 5.75 Å². The summed E-state index contributed by atoms with van der Waals surface area (Å²) in [5, 5.41) is 0. The number of hydrogen-bond acceptors (Lipinski definition) is 3. The standard InChI is InChI=1S/C15H23NO2/c1-3-4-6-12-8-9-15-13(11-12)14(16-17-2)7-5-10-18-15/h8-9,11,14,16H,3-7,10H2,1-2H3. The fraction of sp³-hybridized carbons (Fsp3) is 0.600. The van der Waals surface area contributed by atoms with Gasteiger partial charge in [0.2, 0.25) is 0 Å². The van der Waals surface area contributed by atoms with Crippen molar-refractivity contribution in [3.63, 3.8) is 0 Å². The van der Waals surface area contributed by atoms with Gasteiger partial charge in [0.15, 0.2) is 0 Å². The largest absolute Gasteiger partial charge is 0.493 e. The Kier molecular flexibility index (Phi) is 5.02. The average Bonchev–Trinajstić information content (AvgIpc) is 2.59. The summed E-state index contributed by atoms with van der Waals surface area (Å²) >= 11 is 0. The van der Waals surface area contributed by atoms with Crippen molar-refractivity contribution in [2.24, 2.45) is 0 Å². The predicted molar refractivity (Wildman–Crippen MR) is 72.7 cm³/mol. The minimum atomic E-state index is 0.245. The first-order valence-corrected chi connectivity index (χ1v) is 6.89. The summed E-state index contributed by atoms with van der Waals surface area (Å²) in [6.45, 7) is 3.02. The predicted octanol–water partition coefficient (Wildman–Crippen LogP) is 3.39. The van der Waals surface area contributed by atoms with Gasteiger partial charge in [-0.25, -0.2) is 0 Å². The van der Waals surface area contributed by atoms with E-state index in [0.717, 1.165) is 31.6 Å². The van der Waals surface area contributed by atoms with Gasteiger partial charge in [-0.1, -0.05) is 25.5 Å². The van der Waals surface area contributed by atoms with E-state index in [2.05, 4.69) is 30.6 Å². The molecule has 0 saturated carbocycles. The number of fused-ring (bicyclic) bond motifs is 1. The van der Waals surface area contributed by atoms with Crippen molar-refractivity contribution in [1.82, 2.24) is 5.48 Å². The Bertz CT molecular complexity index is 379. The van der Waals surface area contributed by atoms with E-state index in [9.17, 15) is 0 Å². The van der Waals surface area contributed by atoms with Crippen LogP contribution in [0, 0.1) is 0 Å². The van der Waals surface area contributed by atoms with E-state index < -0.39 is 0 Å². The van der Waals surface area contributed by atoms with Crippen LogP contribution in [0.2, 0.25) is 0 Å². The maximum Gasteiger partial charge on any atom is 0.124 e. The molecule has 0 aliphatic carbocycles. The van der Waals surface area contributed by atoms with E-state index >= 15 is 0 Å². The summed E-state index contributed by atoms with van der Waals surface area (Å²) in [6.07, 6.45) is 5.72. The van der Waals surface area contributed by atoms with E-state index in [0.29, 0.717) is 0 Å². The second-order valence-electron chi connectivity index (χ2n) is 4.84. The van der Waals surface area contributed by atoms with Gasteiger partial charge in [-0.15, -0.1) is 0 Å². The third-order valence-electron chi connectivity index (χ3n) is 3.42. The van der Waals surface area contributed by atoms with Crippen LogP contribution in [0.3, 0.4) is 0 Å². The number of nitrogens with one attached hydrogen (secondary N) is 1. The van der Waals surface area contributed by atoms with Crippen LogP contribution in [0.1, 0.15) is 49.8 Å². The molecule has 0 radical (unpaired) electrons. The van der Waals surface area contributed by atoms with E-state index in [-0.39, 0.29) is 6.04 Å². The van der Waals surface area contributed by atoms with Crippen LogP contribution >= 0.6 is 0 Å². The summed E-state index contributed by atoms with van der Waals surface area (Å²) in [5.41, 5.74) is 5.72. The van der Waals surface area contributed by atoms with Gasteiger partial charge in [0.05, 0.1) is 19.8 Å². The number of hydroxylamine groups is 1. The van der Waals surface area contributed by atoms with E-state index in [1.807, 2.05) is 0 Å². The lowest BCUT2D eigenvalue weighted by Gasteiger charge is -2.17. The Morgan fingerprint density at radius 1 is 1.44 bits per heavy atom. The van der Waals surface area contributed by atoms with Gasteiger partial charge in [0.25, 0.3) is 0 Å². The topological polar surface area (TPSA) is 30.5 Å². The molecule has 3 nitrogen and oxygen atoms in total. The number of hydrogen-bond donors (Lipinski definition) is 1. The molecule has 1 aromatic rings. The number of benzene rings is 1. The van der Waals surface area contributed by atoms with Gasteiger partial charge in [-0.2, -0.15) is 5.48 Å². The summed E-state index contributed by atoms with van der Waals surface area (Å²) in [5.74, 6) is 1.00. The quantitative estimate of drug-likeness (QED) is 0.811. The zero-order valence-electron chi connectivity index (χ0n) is 11.4. The molecule has 1 aromatic carbocycles. The van der Waals surface area contributed by atoms with Gasteiger partial charge < -0.3 is 9.57 Å². The summed E-state index contributed by atoms with van der Waals surface area (Å²) in [6, 6.07) is 6.81. The molecule has 0 aromatic heterocycles. The van der Waals surface area contributed by atoms with Crippen LogP contribution in [0.25, 0.3) is 0 Å². The highest BCUT2D eigenvalue weighted by molar-refractivity contribution is 5.40. The van der Waals surface area contributed by atoms with E-state index in [4.69, 9.17) is 9.57 Å². The molecule has 100 valence electrons. The summed E-state index contributed by atoms with van der Waals surface area (Å²) in [7, 11) is 1.67. The van der Waals surface area contributed by atoms with Gasteiger partial charge >= 0.3 is 0 Å². The first-order valence-electron chi connectivity index (χ1n) is 6.89. The van der Waals surface area contributed by atoms with Crippen LogP contribution in [0.4, 0.5) is 0 Å². The van der Waals surface area contributed by atoms with Crippen molar-refractivity contribution in [3.05, 3.63) is 29.3 Å². The smallest absolute Gasteiger partial charge is 0.124 e. The van der Waals surface area contributed by atoms with Gasteiger partial charge in [-0.3, -0.25) is 0 Å². The van der Waals surface area contributed by atoms with Crippen molar-refractivity contribution in [3.8, 4) is 5.75 Å². The zero-order valence-corrected chi connectivity index (χ0v) is 11.4. The fourth-order valence-electron chi connectivity index (χ4n) is 2.43. The molecule has 0 fully saturated rings. The SMILES string of the molecule is CCCCc1ccc2c(c1)C(NOC)CCCO2. The Morgan fingerprint density at radius 2 is 2.33 bits per heavy atom. The minimum absolute atomic E-state index is 0.245. The number of unbranched alkanes of at least 4 members (excludes halogenated alkanes) is 1. The molecule has 18 heavy (non-hydrogen) atoms. The molecule has 3 heteroatoms. The lowest BCUT2D eigenvalue weighted by atomic mass is 9.98. The van der Waals surface area contributed by atoms with Crippen molar-refractivity contribution < 1.29 is 9.57 Å². The van der Waals surface area contributed by atoms with Crippen molar-refractivity contribution in [1.29, 1.82) is 0 Å². The fourth-order valence-corrected chi connectivity index (χ4v) is 2.43. The first kappa shape index (κ1) is 13.4. The second-order valence-corrected chi connectivity index (χ2v) is 4.84. The molecule has 1 heterocycles. The van der Waals surface area contributed by atoms with Crippen LogP contribution < -0.4 is 10.2 Å². The molecule has 0 saturated heterocycles. The number of ether oxygens (including phenoxy) is 1. The molecule has 1 atom stereocenters. The third kappa shape index (κ3) is 3.24. The van der Waals surface area contributed by atoms with Crippen molar-refractivity contribution in [2.75, 3.05) is 13.7 Å². The van der Waals surface area contributed by atoms with E-state index in [1.54, 1.807) is 7.11 Å². The van der Waals surface area contributed by atoms with Gasteiger partial charge in [0.1, 0.15) is 5.75 Å². The Labute approximate surface area is 109 Å². The van der Waals surface area contributed by atoms with Crippen LogP contribution in [-0.4, -0.2) is 13.7 Å². The third-order valence-corrected chi connectivity index (χ3v) is 3.42. The lowest BCUT2D eigenvalue weighted by Crippen LogP contribution is -2.19. The molecule has 1 unspecified atom stereocenters. The van der Waals surface area contributed by atoms with Crippen molar-refractivity contribution in [2.45, 2.75) is 45.1 Å². The molecule has 2 rings (SSSR count). The summed E-state index contributed by atoms with van der Waals surface area (Å²) < 4.78 is 5.79. The van der Waals surface area contributed by atoms with Gasteiger partial charge in [-0.05, 0) is 37.3 Å². The minimum Gasteiger partial charge on any atom is -0.493 e. The van der Waals surface area contributed by atoms with Gasteiger partial charge in [0, 0.05) is 5.56 Å². The number of rotatable bonds is 5. The highest BCUT2D eigenvalue weighted by atomic mass is 16.6. The van der Waals surface area contributed by atoms with E-state index in [1.165, 1.54) is 24.0 Å². The molecular weight excluding hydrogens is 226 g/mol. The monoisotopic (exact) mass is 249 g/mol. The number of aryl methyl sites for hydroxylation is 1. The maximum atomic E-state index is 5.79. The second kappa shape index (κ2) is 6.76. The Balaban J connectivity index is 2.21.